The average molecular weight is 272 g/mol. The first-order chi connectivity index (χ1) is 9.75. The lowest BCUT2D eigenvalue weighted by atomic mass is 10.1. The van der Waals surface area contributed by atoms with Crippen molar-refractivity contribution in [2.45, 2.75) is 34.6 Å². The maximum Gasteiger partial charge on any atom is 0.159 e. The highest BCUT2D eigenvalue weighted by Crippen LogP contribution is 2.21. The van der Waals surface area contributed by atoms with Gasteiger partial charge in [0.15, 0.2) is 5.78 Å². The van der Waals surface area contributed by atoms with Crippen LogP contribution in [0.25, 0.3) is 0 Å². The first-order valence-corrected chi connectivity index (χ1v) is 7.09. The molecule has 2 nitrogen and oxygen atoms in total. The summed E-state index contributed by atoms with van der Waals surface area (Å²) in [6.07, 6.45) is 0. The van der Waals surface area contributed by atoms with Gasteiger partial charge in [0.1, 0.15) is 11.5 Å². The maximum atomic E-state index is 11.1. The molecule has 2 heteroatoms. The van der Waals surface area contributed by atoms with E-state index in [0.29, 0.717) is 5.56 Å². The number of hydrogen-bond donors (Lipinski definition) is 0. The Kier molecular flexibility index (Phi) is 9.67. The Hall–Kier alpha value is -2.09. The van der Waals surface area contributed by atoms with Crippen LogP contribution in [0.5, 0.6) is 11.5 Å². The van der Waals surface area contributed by atoms with Crippen LogP contribution in [-0.4, -0.2) is 5.78 Å². The molecule has 2 rings (SSSR count). The molecular weight excluding hydrogens is 248 g/mol. The molecule has 0 aliphatic heterocycles. The van der Waals surface area contributed by atoms with Gasteiger partial charge < -0.3 is 4.74 Å². The molecular formula is C18H24O2. The number of Topliss-reactive ketones (excluding diaryl/α,β-unsaturated/α-hetero) is 1. The van der Waals surface area contributed by atoms with Crippen LogP contribution in [0.4, 0.5) is 0 Å². The van der Waals surface area contributed by atoms with Gasteiger partial charge in [0.25, 0.3) is 0 Å². The van der Waals surface area contributed by atoms with Crippen molar-refractivity contribution < 1.29 is 9.53 Å². The maximum absolute atomic E-state index is 11.1. The molecule has 2 aromatic rings. The summed E-state index contributed by atoms with van der Waals surface area (Å²) >= 11 is 0. The SMILES string of the molecule is CC.CC.CC(=O)c1ccc(Oc2ccccc2)cc1. The van der Waals surface area contributed by atoms with Crippen molar-refractivity contribution in [2.75, 3.05) is 0 Å². The molecule has 0 saturated carbocycles. The molecule has 0 fully saturated rings. The van der Waals surface area contributed by atoms with Crippen molar-refractivity contribution in [2.24, 2.45) is 0 Å². The van der Waals surface area contributed by atoms with E-state index in [-0.39, 0.29) is 5.78 Å². The molecule has 0 bridgehead atoms. The van der Waals surface area contributed by atoms with Gasteiger partial charge >= 0.3 is 0 Å². The van der Waals surface area contributed by atoms with Crippen molar-refractivity contribution in [3.63, 3.8) is 0 Å². The Labute approximate surface area is 122 Å². The minimum absolute atomic E-state index is 0.0614. The van der Waals surface area contributed by atoms with Crippen LogP contribution in [0.1, 0.15) is 45.0 Å². The number of para-hydroxylation sites is 1. The number of carbonyl (C=O) groups is 1. The van der Waals surface area contributed by atoms with Crippen LogP contribution < -0.4 is 4.74 Å². The van der Waals surface area contributed by atoms with E-state index in [4.69, 9.17) is 4.74 Å². The van der Waals surface area contributed by atoms with E-state index in [0.717, 1.165) is 11.5 Å². The highest BCUT2D eigenvalue weighted by atomic mass is 16.5. The summed E-state index contributed by atoms with van der Waals surface area (Å²) in [6, 6.07) is 16.7. The Morgan fingerprint density at radius 3 is 1.65 bits per heavy atom. The smallest absolute Gasteiger partial charge is 0.159 e. The van der Waals surface area contributed by atoms with Gasteiger partial charge in [-0.05, 0) is 43.3 Å². The molecule has 0 aromatic heterocycles. The highest BCUT2D eigenvalue weighted by Gasteiger charge is 2.00. The van der Waals surface area contributed by atoms with E-state index in [1.54, 1.807) is 31.2 Å². The van der Waals surface area contributed by atoms with Crippen LogP contribution in [0.2, 0.25) is 0 Å². The van der Waals surface area contributed by atoms with Gasteiger partial charge in [0, 0.05) is 5.56 Å². The Morgan fingerprint density at radius 1 is 0.750 bits per heavy atom. The average Bonchev–Trinajstić information content (AvgIpc) is 2.53. The number of ketones is 1. The third-order valence-corrected chi connectivity index (χ3v) is 2.24. The summed E-state index contributed by atoms with van der Waals surface area (Å²) in [5.41, 5.74) is 0.695. The van der Waals surface area contributed by atoms with Crippen molar-refractivity contribution in [3.05, 3.63) is 60.2 Å². The summed E-state index contributed by atoms with van der Waals surface area (Å²) in [5.74, 6) is 1.58. The van der Waals surface area contributed by atoms with Crippen LogP contribution in [-0.2, 0) is 0 Å². The topological polar surface area (TPSA) is 26.3 Å². The van der Waals surface area contributed by atoms with Gasteiger partial charge in [-0.2, -0.15) is 0 Å². The molecule has 0 spiro atoms. The summed E-state index contributed by atoms with van der Waals surface area (Å²) in [5, 5.41) is 0. The second kappa shape index (κ2) is 10.8. The fraction of sp³-hybridized carbons (Fsp3) is 0.278. The molecule has 0 amide bonds. The van der Waals surface area contributed by atoms with E-state index in [1.165, 1.54) is 0 Å². The molecule has 20 heavy (non-hydrogen) atoms. The molecule has 0 N–H and O–H groups in total. The lowest BCUT2D eigenvalue weighted by Gasteiger charge is -2.05. The van der Waals surface area contributed by atoms with Crippen molar-refractivity contribution in [3.8, 4) is 11.5 Å². The fourth-order valence-electron chi connectivity index (χ4n) is 1.38. The summed E-state index contributed by atoms with van der Waals surface area (Å²) in [4.78, 5) is 11.1. The zero-order valence-electron chi connectivity index (χ0n) is 13.0. The van der Waals surface area contributed by atoms with E-state index in [1.807, 2.05) is 58.0 Å². The van der Waals surface area contributed by atoms with E-state index in [2.05, 4.69) is 0 Å². The second-order valence-corrected chi connectivity index (χ2v) is 3.50. The normalized spacial score (nSPS) is 8.45. The Morgan fingerprint density at radius 2 is 1.20 bits per heavy atom. The van der Waals surface area contributed by atoms with E-state index >= 15 is 0 Å². The Balaban J connectivity index is 0.000000829. The lowest BCUT2D eigenvalue weighted by Crippen LogP contribution is -1.91. The van der Waals surface area contributed by atoms with Crippen molar-refractivity contribution in [1.82, 2.24) is 0 Å². The number of benzene rings is 2. The van der Waals surface area contributed by atoms with Gasteiger partial charge in [0.05, 0.1) is 0 Å². The van der Waals surface area contributed by atoms with Gasteiger partial charge in [-0.3, -0.25) is 4.79 Å². The molecule has 0 atom stereocenters. The minimum Gasteiger partial charge on any atom is -0.457 e. The van der Waals surface area contributed by atoms with Crippen LogP contribution >= 0.6 is 0 Å². The largest absolute Gasteiger partial charge is 0.457 e. The van der Waals surface area contributed by atoms with Crippen molar-refractivity contribution in [1.29, 1.82) is 0 Å². The van der Waals surface area contributed by atoms with Gasteiger partial charge in [-0.1, -0.05) is 45.9 Å². The number of carbonyl (C=O) groups excluding carboxylic acids is 1. The highest BCUT2D eigenvalue weighted by molar-refractivity contribution is 5.94. The van der Waals surface area contributed by atoms with Crippen LogP contribution in [0, 0.1) is 0 Å². The summed E-state index contributed by atoms with van der Waals surface area (Å²) in [7, 11) is 0. The molecule has 0 heterocycles. The van der Waals surface area contributed by atoms with Gasteiger partial charge in [0.2, 0.25) is 0 Å². The van der Waals surface area contributed by atoms with Crippen LogP contribution in [0.15, 0.2) is 54.6 Å². The standard InChI is InChI=1S/C14H12O2.2C2H6/c1-11(15)12-7-9-14(10-8-12)16-13-5-3-2-4-6-13;2*1-2/h2-10H,1H3;2*1-2H3. The monoisotopic (exact) mass is 272 g/mol. The first kappa shape index (κ1) is 17.9. The third-order valence-electron chi connectivity index (χ3n) is 2.24. The van der Waals surface area contributed by atoms with Crippen molar-refractivity contribution >= 4 is 5.78 Å². The first-order valence-electron chi connectivity index (χ1n) is 7.09. The molecule has 0 radical (unpaired) electrons. The molecule has 2 aromatic carbocycles. The number of rotatable bonds is 3. The van der Waals surface area contributed by atoms with Crippen LogP contribution in [0.3, 0.4) is 0 Å². The second-order valence-electron chi connectivity index (χ2n) is 3.50. The zero-order chi connectivity index (χ0) is 15.4. The van der Waals surface area contributed by atoms with Gasteiger partial charge in [-0.25, -0.2) is 0 Å². The van der Waals surface area contributed by atoms with Gasteiger partial charge in [-0.15, -0.1) is 0 Å². The lowest BCUT2D eigenvalue weighted by molar-refractivity contribution is 0.101. The number of ether oxygens (including phenoxy) is 1. The summed E-state index contributed by atoms with van der Waals surface area (Å²) in [6.45, 7) is 9.55. The molecule has 0 aliphatic rings. The quantitative estimate of drug-likeness (QED) is 0.666. The van der Waals surface area contributed by atoms with E-state index in [9.17, 15) is 4.79 Å². The molecule has 0 aliphatic carbocycles. The zero-order valence-corrected chi connectivity index (χ0v) is 13.0. The Bertz CT molecular complexity index is 473. The predicted octanol–water partition coefficient (Wildman–Crippen LogP) is 5.73. The minimum atomic E-state index is 0.0614. The molecule has 0 unspecified atom stereocenters. The third kappa shape index (κ3) is 6.19. The summed E-state index contributed by atoms with van der Waals surface area (Å²) < 4.78 is 5.60. The predicted molar refractivity (Wildman–Crippen MR) is 85.7 cm³/mol. The van der Waals surface area contributed by atoms with E-state index < -0.39 is 0 Å². The molecule has 108 valence electrons. The number of hydrogen-bond acceptors (Lipinski definition) is 2. The fourth-order valence-corrected chi connectivity index (χ4v) is 1.38. The molecule has 0 saturated heterocycles.